The van der Waals surface area contributed by atoms with Gasteiger partial charge in [-0.1, -0.05) is 26.0 Å². The van der Waals surface area contributed by atoms with Crippen molar-refractivity contribution in [2.24, 2.45) is 5.92 Å². The van der Waals surface area contributed by atoms with Crippen molar-refractivity contribution in [2.75, 3.05) is 13.7 Å². The zero-order valence-electron chi connectivity index (χ0n) is 17.6. The van der Waals surface area contributed by atoms with Crippen molar-refractivity contribution >= 4 is 23.8 Å². The highest BCUT2D eigenvalue weighted by atomic mass is 16.5. The van der Waals surface area contributed by atoms with E-state index >= 15 is 0 Å². The minimum atomic E-state index is -0.983. The van der Waals surface area contributed by atoms with E-state index in [1.807, 2.05) is 0 Å². The molecule has 0 spiro atoms. The van der Waals surface area contributed by atoms with E-state index in [1.165, 1.54) is 7.11 Å². The van der Waals surface area contributed by atoms with Gasteiger partial charge >= 0.3 is 12.0 Å². The molecule has 1 atom stereocenters. The number of urea groups is 1. The average Bonchev–Trinajstić information content (AvgIpc) is 2.61. The second-order valence-electron chi connectivity index (χ2n) is 7.76. The lowest BCUT2D eigenvalue weighted by Crippen LogP contribution is -2.50. The molecule has 1 rings (SSSR count). The number of nitrogens with one attached hydrogen (secondary N) is 3. The predicted octanol–water partition coefficient (Wildman–Crippen LogP) is 1.62. The number of imide groups is 1. The van der Waals surface area contributed by atoms with E-state index in [2.05, 4.69) is 16.0 Å². The fourth-order valence-corrected chi connectivity index (χ4v) is 2.31. The number of rotatable bonds is 7. The van der Waals surface area contributed by atoms with Crippen molar-refractivity contribution < 1.29 is 28.7 Å². The molecule has 0 aromatic heterocycles. The lowest BCUT2D eigenvalue weighted by Gasteiger charge is -2.22. The summed E-state index contributed by atoms with van der Waals surface area (Å²) in [6.07, 6.45) is 0. The summed E-state index contributed by atoms with van der Waals surface area (Å²) in [6, 6.07) is 4.92. The van der Waals surface area contributed by atoms with Crippen LogP contribution in [0.2, 0.25) is 0 Å². The van der Waals surface area contributed by atoms with Crippen LogP contribution in [0.25, 0.3) is 0 Å². The van der Waals surface area contributed by atoms with Crippen LogP contribution in [0.15, 0.2) is 24.3 Å². The summed E-state index contributed by atoms with van der Waals surface area (Å²) in [5.74, 6) is -2.00. The van der Waals surface area contributed by atoms with Crippen LogP contribution in [0.5, 0.6) is 5.75 Å². The van der Waals surface area contributed by atoms with Crippen molar-refractivity contribution in [1.82, 2.24) is 16.0 Å². The Kier molecular flexibility index (Phi) is 8.62. The highest BCUT2D eigenvalue weighted by molar-refractivity contribution is 5.99. The molecule has 4 amide bonds. The summed E-state index contributed by atoms with van der Waals surface area (Å²) in [4.78, 5) is 48.4. The molecule has 3 N–H and O–H groups in total. The van der Waals surface area contributed by atoms with Gasteiger partial charge < -0.3 is 20.1 Å². The molecular weight excluding hydrogens is 378 g/mol. The Morgan fingerprint density at radius 1 is 1.07 bits per heavy atom. The first-order valence-corrected chi connectivity index (χ1v) is 9.17. The second-order valence-corrected chi connectivity index (χ2v) is 7.76. The largest absolute Gasteiger partial charge is 0.496 e. The molecule has 1 aromatic rings. The maximum absolute atomic E-state index is 12.5. The Labute approximate surface area is 170 Å². The SMILES string of the molecule is COc1ccccc1C(=O)N[C@H](C(=O)OCC(=O)NC(=O)NC(C)(C)C)C(C)C. The molecule has 9 heteroatoms. The van der Waals surface area contributed by atoms with E-state index in [1.54, 1.807) is 58.9 Å². The molecule has 0 saturated carbocycles. The van der Waals surface area contributed by atoms with Gasteiger partial charge in [-0.25, -0.2) is 9.59 Å². The molecule has 0 saturated heterocycles. The highest BCUT2D eigenvalue weighted by Crippen LogP contribution is 2.17. The van der Waals surface area contributed by atoms with Gasteiger partial charge in [0.15, 0.2) is 6.61 Å². The van der Waals surface area contributed by atoms with Crippen molar-refractivity contribution in [2.45, 2.75) is 46.2 Å². The van der Waals surface area contributed by atoms with Gasteiger partial charge in [0, 0.05) is 5.54 Å². The lowest BCUT2D eigenvalue weighted by atomic mass is 10.0. The maximum atomic E-state index is 12.5. The third kappa shape index (κ3) is 8.20. The molecular formula is C20H29N3O6. The number of esters is 1. The van der Waals surface area contributed by atoms with Crippen LogP contribution in [0, 0.1) is 5.92 Å². The Morgan fingerprint density at radius 3 is 2.24 bits per heavy atom. The van der Waals surface area contributed by atoms with Crippen LogP contribution in [0.3, 0.4) is 0 Å². The van der Waals surface area contributed by atoms with Crippen LogP contribution in [-0.4, -0.2) is 49.1 Å². The van der Waals surface area contributed by atoms with E-state index in [0.29, 0.717) is 5.75 Å². The number of carbonyl (C=O) groups is 4. The normalized spacial score (nSPS) is 12.0. The van der Waals surface area contributed by atoms with E-state index in [9.17, 15) is 19.2 Å². The van der Waals surface area contributed by atoms with Crippen molar-refractivity contribution in [3.63, 3.8) is 0 Å². The summed E-state index contributed by atoms with van der Waals surface area (Å²) < 4.78 is 10.1. The molecule has 0 aliphatic carbocycles. The quantitative estimate of drug-likeness (QED) is 0.590. The number of carbonyl (C=O) groups excluding carboxylic acids is 4. The van der Waals surface area contributed by atoms with E-state index in [-0.39, 0.29) is 11.5 Å². The van der Waals surface area contributed by atoms with Crippen LogP contribution >= 0.6 is 0 Å². The number of methoxy groups -OCH3 is 1. The zero-order valence-corrected chi connectivity index (χ0v) is 17.6. The predicted molar refractivity (Wildman–Crippen MR) is 106 cm³/mol. The Balaban J connectivity index is 2.68. The van der Waals surface area contributed by atoms with Gasteiger partial charge in [0.25, 0.3) is 11.8 Å². The number of benzene rings is 1. The summed E-state index contributed by atoms with van der Waals surface area (Å²) in [7, 11) is 1.44. The molecule has 160 valence electrons. The minimum absolute atomic E-state index is 0.269. The van der Waals surface area contributed by atoms with Gasteiger partial charge in [-0.05, 0) is 38.8 Å². The van der Waals surface area contributed by atoms with Gasteiger partial charge in [0.1, 0.15) is 11.8 Å². The third-order valence-electron chi connectivity index (χ3n) is 3.65. The zero-order chi connectivity index (χ0) is 22.2. The van der Waals surface area contributed by atoms with Gasteiger partial charge in [0.2, 0.25) is 0 Å². The van der Waals surface area contributed by atoms with E-state index in [4.69, 9.17) is 9.47 Å². The van der Waals surface area contributed by atoms with E-state index < -0.39 is 42.0 Å². The summed E-state index contributed by atoms with van der Waals surface area (Å²) in [5, 5.41) is 7.22. The number of para-hydroxylation sites is 1. The molecule has 9 nitrogen and oxygen atoms in total. The standard InChI is InChI=1S/C20H29N3O6/c1-12(2)16(22-17(25)13-9-7-8-10-14(13)28-6)18(26)29-11-15(24)21-19(27)23-20(3,4)5/h7-10,12,16H,11H2,1-6H3,(H,22,25)(H2,21,23,24,27)/t16-/m0/s1. The molecule has 29 heavy (non-hydrogen) atoms. The first-order valence-electron chi connectivity index (χ1n) is 9.17. The summed E-state index contributed by atoms with van der Waals surface area (Å²) >= 11 is 0. The number of hydrogen-bond donors (Lipinski definition) is 3. The Hall–Kier alpha value is -3.10. The first kappa shape index (κ1) is 23.9. The van der Waals surface area contributed by atoms with Crippen molar-refractivity contribution in [1.29, 1.82) is 0 Å². The lowest BCUT2D eigenvalue weighted by molar-refractivity contribution is -0.151. The van der Waals surface area contributed by atoms with Crippen LogP contribution < -0.4 is 20.7 Å². The van der Waals surface area contributed by atoms with Crippen LogP contribution in [0.1, 0.15) is 45.0 Å². The minimum Gasteiger partial charge on any atom is -0.496 e. The fraction of sp³-hybridized carbons (Fsp3) is 0.500. The van der Waals surface area contributed by atoms with Crippen LogP contribution in [-0.2, 0) is 14.3 Å². The van der Waals surface area contributed by atoms with Crippen molar-refractivity contribution in [3.8, 4) is 5.75 Å². The number of hydrogen-bond acceptors (Lipinski definition) is 6. The second kappa shape index (κ2) is 10.4. The smallest absolute Gasteiger partial charge is 0.329 e. The number of ether oxygens (including phenoxy) is 2. The molecule has 0 bridgehead atoms. The molecule has 0 fully saturated rings. The van der Waals surface area contributed by atoms with Gasteiger partial charge in [-0.2, -0.15) is 0 Å². The molecule has 0 aliphatic heterocycles. The first-order chi connectivity index (χ1) is 13.4. The molecule has 0 heterocycles. The fourth-order valence-electron chi connectivity index (χ4n) is 2.31. The number of amides is 4. The highest BCUT2D eigenvalue weighted by Gasteiger charge is 2.28. The topological polar surface area (TPSA) is 123 Å². The molecule has 0 aliphatic rings. The maximum Gasteiger partial charge on any atom is 0.329 e. The average molecular weight is 407 g/mol. The van der Waals surface area contributed by atoms with Gasteiger partial charge in [-0.3, -0.25) is 14.9 Å². The monoisotopic (exact) mass is 407 g/mol. The molecule has 0 radical (unpaired) electrons. The molecule has 1 aromatic carbocycles. The molecule has 0 unspecified atom stereocenters. The van der Waals surface area contributed by atoms with Gasteiger partial charge in [-0.15, -0.1) is 0 Å². The Bertz CT molecular complexity index is 755. The summed E-state index contributed by atoms with van der Waals surface area (Å²) in [5.41, 5.74) is -0.253. The van der Waals surface area contributed by atoms with Crippen LogP contribution in [0.4, 0.5) is 4.79 Å². The summed E-state index contributed by atoms with van der Waals surface area (Å²) in [6.45, 7) is 8.08. The third-order valence-corrected chi connectivity index (χ3v) is 3.65. The van der Waals surface area contributed by atoms with E-state index in [0.717, 1.165) is 0 Å². The van der Waals surface area contributed by atoms with Gasteiger partial charge in [0.05, 0.1) is 12.7 Å². The Morgan fingerprint density at radius 2 is 1.69 bits per heavy atom. The van der Waals surface area contributed by atoms with Crippen molar-refractivity contribution in [3.05, 3.63) is 29.8 Å².